The lowest BCUT2D eigenvalue weighted by Crippen LogP contribution is -2.03. The largest absolute Gasteiger partial charge is 0.0843 e. The maximum absolute atomic E-state index is 6.78. The van der Waals surface area contributed by atoms with Gasteiger partial charge in [-0.3, -0.25) is 0 Å². The Labute approximate surface area is 506 Å². The van der Waals surface area contributed by atoms with Crippen molar-refractivity contribution in [2.45, 2.75) is 0 Å². The van der Waals surface area contributed by atoms with Gasteiger partial charge in [0.2, 0.25) is 0 Å². The summed E-state index contributed by atoms with van der Waals surface area (Å²) in [4.78, 5) is 0. The summed E-state index contributed by atoms with van der Waals surface area (Å²) in [6.45, 7) is 0. The van der Waals surface area contributed by atoms with Crippen LogP contribution in [0.2, 0.25) is 10.0 Å². The van der Waals surface area contributed by atoms with Gasteiger partial charge >= 0.3 is 0 Å². The van der Waals surface area contributed by atoms with Crippen LogP contribution in [0.15, 0.2) is 312 Å². The Morgan fingerprint density at radius 2 is 0.268 bits per heavy atom. The number of benzene rings is 13. The van der Waals surface area contributed by atoms with Gasteiger partial charge in [-0.2, -0.15) is 0 Å². The highest BCUT2D eigenvalue weighted by molar-refractivity contribution is 9.10. The van der Waals surface area contributed by atoms with Crippen molar-refractivity contribution in [3.63, 3.8) is 0 Å². The van der Waals surface area contributed by atoms with E-state index in [4.69, 9.17) is 23.2 Å². The Hall–Kier alpha value is -8.60. The van der Waals surface area contributed by atoms with Crippen molar-refractivity contribution in [3.05, 3.63) is 322 Å². The fourth-order valence-electron chi connectivity index (χ4n) is 11.9. The number of halogens is 4. The summed E-state index contributed by atoms with van der Waals surface area (Å²) in [7, 11) is 0. The second kappa shape index (κ2) is 23.5. The van der Waals surface area contributed by atoms with Crippen molar-refractivity contribution in [1.82, 2.24) is 0 Å². The van der Waals surface area contributed by atoms with Gasteiger partial charge in [-0.05, 0) is 182 Å². The van der Waals surface area contributed by atoms with Crippen LogP contribution in [0.5, 0.6) is 0 Å². The zero-order valence-corrected chi connectivity index (χ0v) is 49.1. The highest BCUT2D eigenvalue weighted by atomic mass is 79.9. The van der Waals surface area contributed by atoms with E-state index < -0.39 is 0 Å². The molecule has 0 aliphatic carbocycles. The Balaban J connectivity index is 1.21. The first kappa shape index (κ1) is 52.8. The molecule has 13 aromatic rings. The Morgan fingerprint density at radius 3 is 0.427 bits per heavy atom. The normalized spacial score (nSPS) is 11.2. The van der Waals surface area contributed by atoms with Gasteiger partial charge in [0.15, 0.2) is 0 Å². The molecular weight excluding hydrogens is 1170 g/mol. The first-order valence-electron chi connectivity index (χ1n) is 27.3. The standard InChI is InChI=1S/C78H50Br2Cl2/c79-63-43-35-59(36-44-63)75-69(53-23-11-3-12-24-53)67(51-19-7-1-8-20-51)73(71(55-27-15-5-16-28-55)77(75)61-39-47-65(81)48-40-61)57-31-33-58(34-32-57)74-68(52-21-9-2-10-22-52)70(54-25-13-4-14-26-54)76(60-37-45-64(80)46-38-60)78(62-41-49-66(82)50-42-62)72(74)56-29-17-6-18-30-56/h1-50H. The maximum atomic E-state index is 6.78. The van der Waals surface area contributed by atoms with Crippen molar-refractivity contribution in [2.24, 2.45) is 0 Å². The molecule has 390 valence electrons. The van der Waals surface area contributed by atoms with Gasteiger partial charge < -0.3 is 0 Å². The third kappa shape index (κ3) is 10.3. The Morgan fingerprint density at radius 1 is 0.146 bits per heavy atom. The molecular formula is C78H50Br2Cl2. The molecule has 0 radical (unpaired) electrons. The summed E-state index contributed by atoms with van der Waals surface area (Å²) in [6, 6.07) is 109. The average Bonchev–Trinajstić information content (AvgIpc) is 3.42. The summed E-state index contributed by atoms with van der Waals surface area (Å²) in [6.07, 6.45) is 0. The molecule has 0 heterocycles. The second-order valence-electron chi connectivity index (χ2n) is 20.3. The molecule has 0 unspecified atom stereocenters. The fourth-order valence-corrected chi connectivity index (χ4v) is 12.6. The fraction of sp³-hybridized carbons (Fsp3) is 0. The molecule has 0 amide bonds. The van der Waals surface area contributed by atoms with Crippen LogP contribution < -0.4 is 0 Å². The SMILES string of the molecule is Clc1ccc(-c2c(-c3ccccc3)c(-c3ccc(-c4c(-c5ccccc5)c(-c5ccccc5)c(-c5ccc(Br)cc5)c(-c5ccc(Cl)cc5)c4-c4ccccc4)cc3)c(-c3ccccc3)c(-c3ccccc3)c2-c2ccc(Br)cc2)cc1. The summed E-state index contributed by atoms with van der Waals surface area (Å²) < 4.78 is 2.03. The highest BCUT2D eigenvalue weighted by Crippen LogP contribution is 2.59. The van der Waals surface area contributed by atoms with Gasteiger partial charge in [-0.15, -0.1) is 0 Å². The van der Waals surface area contributed by atoms with Crippen LogP contribution in [0, 0.1) is 0 Å². The minimum Gasteiger partial charge on any atom is -0.0843 e. The summed E-state index contributed by atoms with van der Waals surface area (Å²) in [5, 5.41) is 1.36. The van der Waals surface area contributed by atoms with E-state index in [2.05, 4.69) is 311 Å². The van der Waals surface area contributed by atoms with E-state index in [1.807, 2.05) is 24.3 Å². The molecule has 0 spiro atoms. The maximum Gasteiger partial charge on any atom is 0.0406 e. The molecule has 0 fully saturated rings. The Bertz CT molecular complexity index is 4070. The van der Waals surface area contributed by atoms with E-state index in [1.54, 1.807) is 0 Å². The van der Waals surface area contributed by atoms with Crippen molar-refractivity contribution >= 4 is 55.1 Å². The molecule has 0 aliphatic heterocycles. The molecule has 0 N–H and O–H groups in total. The van der Waals surface area contributed by atoms with Gasteiger partial charge in [0.05, 0.1) is 0 Å². The van der Waals surface area contributed by atoms with Crippen LogP contribution in [0.1, 0.15) is 0 Å². The van der Waals surface area contributed by atoms with Crippen LogP contribution in [0.3, 0.4) is 0 Å². The van der Waals surface area contributed by atoms with E-state index in [1.165, 1.54) is 0 Å². The molecule has 0 atom stereocenters. The lowest BCUT2D eigenvalue weighted by Gasteiger charge is -2.30. The number of hydrogen-bond donors (Lipinski definition) is 0. The van der Waals surface area contributed by atoms with Crippen LogP contribution in [-0.2, 0) is 0 Å². The van der Waals surface area contributed by atoms with Crippen molar-refractivity contribution in [2.75, 3.05) is 0 Å². The molecule has 13 rings (SSSR count). The Kier molecular flexibility index (Phi) is 15.1. The number of rotatable bonds is 12. The first-order chi connectivity index (χ1) is 40.4. The van der Waals surface area contributed by atoms with Crippen molar-refractivity contribution in [3.8, 4) is 134 Å². The molecule has 0 aromatic heterocycles. The first-order valence-corrected chi connectivity index (χ1v) is 29.7. The molecule has 82 heavy (non-hydrogen) atoms. The minimum atomic E-state index is 0.680. The quantitative estimate of drug-likeness (QED) is 0.114. The van der Waals surface area contributed by atoms with Gasteiger partial charge in [-0.1, -0.05) is 310 Å². The molecule has 0 bridgehead atoms. The summed E-state index contributed by atoms with van der Waals surface area (Å²) in [5.74, 6) is 0. The third-order valence-corrected chi connectivity index (χ3v) is 16.9. The topological polar surface area (TPSA) is 0 Å². The second-order valence-corrected chi connectivity index (χ2v) is 23.0. The lowest BCUT2D eigenvalue weighted by atomic mass is 9.73. The van der Waals surface area contributed by atoms with Gasteiger partial charge in [-0.25, -0.2) is 0 Å². The van der Waals surface area contributed by atoms with E-state index in [9.17, 15) is 0 Å². The predicted molar refractivity (Wildman–Crippen MR) is 357 cm³/mol. The molecule has 13 aromatic carbocycles. The summed E-state index contributed by atoms with van der Waals surface area (Å²) in [5.41, 5.74) is 26.7. The van der Waals surface area contributed by atoms with E-state index in [0.29, 0.717) is 10.0 Å². The predicted octanol–water partition coefficient (Wildman–Crippen LogP) is 24.5. The van der Waals surface area contributed by atoms with Crippen LogP contribution >= 0.6 is 55.1 Å². The highest BCUT2D eigenvalue weighted by Gasteiger charge is 2.32. The third-order valence-electron chi connectivity index (χ3n) is 15.4. The molecule has 0 nitrogen and oxygen atoms in total. The average molecular weight is 1220 g/mol. The lowest BCUT2D eigenvalue weighted by molar-refractivity contribution is 1.50. The van der Waals surface area contributed by atoms with Gasteiger partial charge in [0.25, 0.3) is 0 Å². The van der Waals surface area contributed by atoms with Crippen LogP contribution in [0.4, 0.5) is 0 Å². The monoisotopic (exact) mass is 1210 g/mol. The van der Waals surface area contributed by atoms with E-state index >= 15 is 0 Å². The minimum absolute atomic E-state index is 0.680. The van der Waals surface area contributed by atoms with Crippen LogP contribution in [-0.4, -0.2) is 0 Å². The van der Waals surface area contributed by atoms with Crippen molar-refractivity contribution in [1.29, 1.82) is 0 Å². The molecule has 4 heteroatoms. The van der Waals surface area contributed by atoms with Crippen molar-refractivity contribution < 1.29 is 0 Å². The van der Waals surface area contributed by atoms with Gasteiger partial charge in [0.1, 0.15) is 0 Å². The van der Waals surface area contributed by atoms with E-state index in [0.717, 1.165) is 142 Å². The molecule has 0 saturated carbocycles. The van der Waals surface area contributed by atoms with Gasteiger partial charge in [0, 0.05) is 19.0 Å². The number of hydrogen-bond acceptors (Lipinski definition) is 0. The van der Waals surface area contributed by atoms with E-state index in [-0.39, 0.29) is 0 Å². The smallest absolute Gasteiger partial charge is 0.0406 e. The molecule has 0 saturated heterocycles. The zero-order valence-electron chi connectivity index (χ0n) is 44.4. The summed E-state index contributed by atoms with van der Waals surface area (Å²) >= 11 is 21.1. The van der Waals surface area contributed by atoms with Crippen LogP contribution in [0.25, 0.3) is 134 Å². The zero-order chi connectivity index (χ0) is 55.5. The molecule has 0 aliphatic rings.